The molecule has 1 aromatic carbocycles. The lowest BCUT2D eigenvalue weighted by Gasteiger charge is -2.18. The second-order valence-electron chi connectivity index (χ2n) is 4.35. The van der Waals surface area contributed by atoms with Crippen LogP contribution in [-0.4, -0.2) is 28.2 Å². The first-order chi connectivity index (χ1) is 9.90. The molecule has 5 nitrogen and oxygen atoms in total. The summed E-state index contributed by atoms with van der Waals surface area (Å²) in [6.07, 6.45) is 1.91. The highest BCUT2D eigenvalue weighted by Crippen LogP contribution is 2.32. The Morgan fingerprint density at radius 2 is 2.00 bits per heavy atom. The first-order valence-electron chi connectivity index (χ1n) is 6.26. The monoisotopic (exact) mass is 285 g/mol. The van der Waals surface area contributed by atoms with Gasteiger partial charge in [0.1, 0.15) is 18.9 Å². The van der Waals surface area contributed by atoms with Gasteiger partial charge in [-0.1, -0.05) is 11.3 Å². The molecule has 0 saturated carbocycles. The molecule has 0 amide bonds. The van der Waals surface area contributed by atoms with Gasteiger partial charge in [0.15, 0.2) is 11.5 Å². The Morgan fingerprint density at radius 3 is 2.85 bits per heavy atom. The second kappa shape index (κ2) is 4.64. The van der Waals surface area contributed by atoms with E-state index < -0.39 is 0 Å². The van der Waals surface area contributed by atoms with Crippen molar-refractivity contribution in [3.05, 3.63) is 41.9 Å². The summed E-state index contributed by atoms with van der Waals surface area (Å²) in [5, 5.41) is 10.4. The molecule has 0 N–H and O–H groups in total. The highest BCUT2D eigenvalue weighted by Gasteiger charge is 2.13. The molecule has 4 rings (SSSR count). The first-order valence-corrected chi connectivity index (χ1v) is 7.14. The maximum Gasteiger partial charge on any atom is 0.163 e. The van der Waals surface area contributed by atoms with Crippen LogP contribution in [0.25, 0.3) is 16.3 Å². The minimum atomic E-state index is 0.578. The van der Waals surface area contributed by atoms with Crippen LogP contribution >= 0.6 is 11.3 Å². The van der Waals surface area contributed by atoms with Crippen molar-refractivity contribution in [3.8, 4) is 27.8 Å². The minimum absolute atomic E-state index is 0.578. The Morgan fingerprint density at radius 1 is 1.10 bits per heavy atom. The average Bonchev–Trinajstić information content (AvgIpc) is 3.17. The molecule has 3 heterocycles. The van der Waals surface area contributed by atoms with Gasteiger partial charge in [-0.25, -0.2) is 4.68 Å². The second-order valence-corrected chi connectivity index (χ2v) is 5.30. The molecule has 0 atom stereocenters. The summed E-state index contributed by atoms with van der Waals surface area (Å²) in [6.45, 7) is 1.17. The van der Waals surface area contributed by atoms with Crippen LogP contribution in [0.3, 0.4) is 0 Å². The normalized spacial score (nSPS) is 13.4. The van der Waals surface area contributed by atoms with Gasteiger partial charge in [0.05, 0.1) is 16.8 Å². The van der Waals surface area contributed by atoms with E-state index in [1.807, 2.05) is 41.9 Å². The Kier molecular flexibility index (Phi) is 2.67. The quantitative estimate of drug-likeness (QED) is 0.726. The molecule has 0 radical (unpaired) electrons. The number of benzene rings is 1. The maximum absolute atomic E-state index is 5.58. The summed E-state index contributed by atoms with van der Waals surface area (Å²) in [6, 6.07) is 9.80. The van der Waals surface area contributed by atoms with E-state index in [9.17, 15) is 0 Å². The van der Waals surface area contributed by atoms with Crippen molar-refractivity contribution < 1.29 is 9.47 Å². The van der Waals surface area contributed by atoms with E-state index in [1.54, 1.807) is 16.0 Å². The first kappa shape index (κ1) is 11.5. The molecule has 6 heteroatoms. The van der Waals surface area contributed by atoms with Crippen molar-refractivity contribution in [3.63, 3.8) is 0 Å². The van der Waals surface area contributed by atoms with Gasteiger partial charge in [-0.05, 0) is 23.6 Å². The molecule has 0 spiro atoms. The molecule has 100 valence electrons. The summed E-state index contributed by atoms with van der Waals surface area (Å²) in [7, 11) is 0. The number of nitrogens with zero attached hydrogens (tertiary/aromatic N) is 3. The Balaban J connectivity index is 1.71. The molecule has 0 unspecified atom stereocenters. The number of rotatable bonds is 2. The molecule has 0 bridgehead atoms. The van der Waals surface area contributed by atoms with Crippen LogP contribution in [0, 0.1) is 0 Å². The van der Waals surface area contributed by atoms with Gasteiger partial charge >= 0.3 is 0 Å². The number of hydrogen-bond donors (Lipinski definition) is 0. The van der Waals surface area contributed by atoms with Crippen molar-refractivity contribution >= 4 is 11.3 Å². The van der Waals surface area contributed by atoms with E-state index in [2.05, 4.69) is 10.3 Å². The van der Waals surface area contributed by atoms with Crippen LogP contribution in [0.1, 0.15) is 0 Å². The smallest absolute Gasteiger partial charge is 0.163 e. The van der Waals surface area contributed by atoms with Crippen LogP contribution in [-0.2, 0) is 0 Å². The lowest BCUT2D eigenvalue weighted by molar-refractivity contribution is 0.171. The fourth-order valence-electron chi connectivity index (χ4n) is 2.10. The Bertz CT molecular complexity index is 737. The standard InChI is InChI=1S/C14H11N3O2S/c1-2-14(20-7-1)11-9-17(16-15-11)10-3-4-12-13(8-10)19-6-5-18-12/h1-4,7-9H,5-6H2. The molecule has 0 saturated heterocycles. The lowest BCUT2D eigenvalue weighted by atomic mass is 10.2. The third-order valence-corrected chi connectivity index (χ3v) is 3.95. The predicted octanol–water partition coefficient (Wildman–Crippen LogP) is 2.77. The number of fused-ring (bicyclic) bond motifs is 1. The molecule has 0 aliphatic carbocycles. The van der Waals surface area contributed by atoms with Gasteiger partial charge in [-0.2, -0.15) is 0 Å². The number of hydrogen-bond acceptors (Lipinski definition) is 5. The number of aromatic nitrogens is 3. The highest BCUT2D eigenvalue weighted by atomic mass is 32.1. The topological polar surface area (TPSA) is 49.2 Å². The van der Waals surface area contributed by atoms with Crippen molar-refractivity contribution in [1.29, 1.82) is 0 Å². The zero-order chi connectivity index (χ0) is 13.4. The fourth-order valence-corrected chi connectivity index (χ4v) is 2.78. The van der Waals surface area contributed by atoms with E-state index in [1.165, 1.54) is 0 Å². The zero-order valence-electron chi connectivity index (χ0n) is 10.5. The third-order valence-electron chi connectivity index (χ3n) is 3.06. The summed E-state index contributed by atoms with van der Waals surface area (Å²) in [5.41, 5.74) is 1.78. The molecule has 20 heavy (non-hydrogen) atoms. The van der Waals surface area contributed by atoms with Crippen molar-refractivity contribution in [2.75, 3.05) is 13.2 Å². The lowest BCUT2D eigenvalue weighted by Crippen LogP contribution is -2.15. The molecule has 1 aliphatic heterocycles. The van der Waals surface area contributed by atoms with E-state index >= 15 is 0 Å². The van der Waals surface area contributed by atoms with Gasteiger partial charge in [-0.15, -0.1) is 16.4 Å². The molecule has 2 aromatic heterocycles. The van der Waals surface area contributed by atoms with E-state index in [-0.39, 0.29) is 0 Å². The summed E-state index contributed by atoms with van der Waals surface area (Å²) >= 11 is 1.65. The number of thiophene rings is 1. The van der Waals surface area contributed by atoms with Gasteiger partial charge in [-0.3, -0.25) is 0 Å². The molecular formula is C14H11N3O2S. The van der Waals surface area contributed by atoms with E-state index in [0.717, 1.165) is 27.8 Å². The Labute approximate surface area is 119 Å². The molecular weight excluding hydrogens is 274 g/mol. The van der Waals surface area contributed by atoms with E-state index in [0.29, 0.717) is 13.2 Å². The van der Waals surface area contributed by atoms with Crippen molar-refractivity contribution in [1.82, 2.24) is 15.0 Å². The van der Waals surface area contributed by atoms with Crippen LogP contribution in [0.5, 0.6) is 11.5 Å². The zero-order valence-corrected chi connectivity index (χ0v) is 11.3. The van der Waals surface area contributed by atoms with Gasteiger partial charge in [0, 0.05) is 6.07 Å². The van der Waals surface area contributed by atoms with Crippen LogP contribution in [0.15, 0.2) is 41.9 Å². The molecule has 0 fully saturated rings. The third kappa shape index (κ3) is 1.94. The highest BCUT2D eigenvalue weighted by molar-refractivity contribution is 7.13. The summed E-state index contributed by atoms with van der Waals surface area (Å²) in [5.74, 6) is 1.53. The number of ether oxygens (including phenoxy) is 2. The van der Waals surface area contributed by atoms with Crippen LogP contribution < -0.4 is 9.47 Å². The van der Waals surface area contributed by atoms with Crippen molar-refractivity contribution in [2.45, 2.75) is 0 Å². The van der Waals surface area contributed by atoms with Gasteiger partial charge in [0.2, 0.25) is 0 Å². The largest absolute Gasteiger partial charge is 0.486 e. The SMILES string of the molecule is c1csc(-c2cn(-c3ccc4c(c3)OCCO4)nn2)c1. The van der Waals surface area contributed by atoms with Crippen LogP contribution in [0.4, 0.5) is 0 Å². The Hall–Kier alpha value is -2.34. The van der Waals surface area contributed by atoms with Crippen LogP contribution in [0.2, 0.25) is 0 Å². The predicted molar refractivity (Wildman–Crippen MR) is 75.7 cm³/mol. The minimum Gasteiger partial charge on any atom is -0.486 e. The summed E-state index contributed by atoms with van der Waals surface area (Å²) < 4.78 is 12.8. The summed E-state index contributed by atoms with van der Waals surface area (Å²) in [4.78, 5) is 1.11. The van der Waals surface area contributed by atoms with E-state index in [4.69, 9.17) is 9.47 Å². The average molecular weight is 285 g/mol. The van der Waals surface area contributed by atoms with Gasteiger partial charge in [0.25, 0.3) is 0 Å². The van der Waals surface area contributed by atoms with Gasteiger partial charge < -0.3 is 9.47 Å². The molecule has 3 aromatic rings. The maximum atomic E-state index is 5.58. The fraction of sp³-hybridized carbons (Fsp3) is 0.143. The van der Waals surface area contributed by atoms with Crippen molar-refractivity contribution in [2.24, 2.45) is 0 Å². The molecule has 1 aliphatic rings.